The molecule has 30 heavy (non-hydrogen) atoms. The lowest BCUT2D eigenvalue weighted by molar-refractivity contribution is -0.113. The first-order valence-corrected chi connectivity index (χ1v) is 11.0. The number of benzene rings is 2. The molecule has 6 nitrogen and oxygen atoms in total. The summed E-state index contributed by atoms with van der Waals surface area (Å²) in [6, 6.07) is 11.0. The zero-order valence-corrected chi connectivity index (χ0v) is 19.4. The number of aryl methyl sites for hydroxylation is 2. The van der Waals surface area contributed by atoms with Crippen LogP contribution >= 0.6 is 35.0 Å². The van der Waals surface area contributed by atoms with Gasteiger partial charge in [-0.1, -0.05) is 47.1 Å². The first-order chi connectivity index (χ1) is 14.2. The summed E-state index contributed by atoms with van der Waals surface area (Å²) >= 11 is 13.5. The molecular weight excluding hydrogens is 443 g/mol. The van der Waals surface area contributed by atoms with Crippen molar-refractivity contribution in [3.05, 3.63) is 63.4 Å². The molecule has 0 spiro atoms. The van der Waals surface area contributed by atoms with Gasteiger partial charge in [-0.2, -0.15) is 0 Å². The molecule has 1 amide bonds. The Kier molecular flexibility index (Phi) is 7.28. The Morgan fingerprint density at radius 3 is 2.73 bits per heavy atom. The number of thioether (sulfide) groups is 1. The summed E-state index contributed by atoms with van der Waals surface area (Å²) in [6.45, 7) is 5.80. The number of carbonyl (C=O) groups excluding carboxylic acids is 1. The van der Waals surface area contributed by atoms with Crippen LogP contribution in [0.4, 0.5) is 5.69 Å². The van der Waals surface area contributed by atoms with E-state index in [9.17, 15) is 4.79 Å². The average Bonchev–Trinajstić information content (AvgIpc) is 3.06. The van der Waals surface area contributed by atoms with E-state index in [4.69, 9.17) is 27.9 Å². The van der Waals surface area contributed by atoms with Crippen LogP contribution in [-0.4, -0.2) is 26.4 Å². The third kappa shape index (κ3) is 5.47. The molecule has 0 fully saturated rings. The van der Waals surface area contributed by atoms with Crippen LogP contribution in [0.1, 0.15) is 30.0 Å². The molecule has 0 saturated heterocycles. The number of nitrogens with zero attached hydrogens (tertiary/aromatic N) is 3. The number of anilines is 1. The summed E-state index contributed by atoms with van der Waals surface area (Å²) in [4.78, 5) is 12.4. The number of carbonyl (C=O) groups is 1. The summed E-state index contributed by atoms with van der Waals surface area (Å²) < 4.78 is 7.71. The molecule has 0 bridgehead atoms. The van der Waals surface area contributed by atoms with Crippen molar-refractivity contribution < 1.29 is 9.53 Å². The maximum atomic E-state index is 12.4. The van der Waals surface area contributed by atoms with Crippen molar-refractivity contribution >= 4 is 46.6 Å². The van der Waals surface area contributed by atoms with Gasteiger partial charge in [-0.3, -0.25) is 4.79 Å². The van der Waals surface area contributed by atoms with E-state index in [1.54, 1.807) is 22.8 Å². The average molecular weight is 465 g/mol. The van der Waals surface area contributed by atoms with Gasteiger partial charge in [0.05, 0.1) is 10.8 Å². The quantitative estimate of drug-likeness (QED) is 0.460. The van der Waals surface area contributed by atoms with Gasteiger partial charge in [0, 0.05) is 23.8 Å². The largest absolute Gasteiger partial charge is 0.481 e. The van der Waals surface area contributed by atoms with Gasteiger partial charge in [0.15, 0.2) is 17.1 Å². The van der Waals surface area contributed by atoms with Crippen LogP contribution in [0.2, 0.25) is 10.0 Å². The summed E-state index contributed by atoms with van der Waals surface area (Å²) in [7, 11) is 1.83. The summed E-state index contributed by atoms with van der Waals surface area (Å²) in [5.41, 5.74) is 2.93. The predicted octanol–water partition coefficient (Wildman–Crippen LogP) is 5.61. The van der Waals surface area contributed by atoms with Crippen LogP contribution in [-0.2, 0) is 11.8 Å². The molecule has 1 unspecified atom stereocenters. The number of rotatable bonds is 7. The van der Waals surface area contributed by atoms with E-state index in [0.29, 0.717) is 26.8 Å². The number of aromatic nitrogens is 3. The first kappa shape index (κ1) is 22.5. The highest BCUT2D eigenvalue weighted by Gasteiger charge is 2.19. The van der Waals surface area contributed by atoms with Gasteiger partial charge in [0.2, 0.25) is 5.91 Å². The topological polar surface area (TPSA) is 69.0 Å². The van der Waals surface area contributed by atoms with Crippen molar-refractivity contribution in [3.8, 4) is 5.75 Å². The molecule has 3 aromatic rings. The molecule has 0 aliphatic rings. The fourth-order valence-electron chi connectivity index (χ4n) is 2.80. The van der Waals surface area contributed by atoms with Crippen LogP contribution < -0.4 is 10.1 Å². The van der Waals surface area contributed by atoms with Crippen LogP contribution in [0.3, 0.4) is 0 Å². The van der Waals surface area contributed by atoms with Gasteiger partial charge in [0.1, 0.15) is 5.75 Å². The highest BCUT2D eigenvalue weighted by atomic mass is 35.5. The fourth-order valence-corrected chi connectivity index (χ4v) is 3.85. The minimum Gasteiger partial charge on any atom is -0.481 e. The summed E-state index contributed by atoms with van der Waals surface area (Å²) in [5, 5.41) is 13.0. The van der Waals surface area contributed by atoms with E-state index < -0.39 is 6.10 Å². The van der Waals surface area contributed by atoms with Crippen molar-refractivity contribution in [1.29, 1.82) is 0 Å². The Hall–Kier alpha value is -2.22. The summed E-state index contributed by atoms with van der Waals surface area (Å²) in [5.74, 6) is 1.20. The second-order valence-electron chi connectivity index (χ2n) is 6.89. The smallest absolute Gasteiger partial charge is 0.234 e. The van der Waals surface area contributed by atoms with Gasteiger partial charge in [0.25, 0.3) is 0 Å². The van der Waals surface area contributed by atoms with Crippen molar-refractivity contribution in [2.24, 2.45) is 7.05 Å². The first-order valence-electron chi connectivity index (χ1n) is 9.25. The Labute approximate surface area is 189 Å². The lowest BCUT2D eigenvalue weighted by atomic mass is 10.1. The second kappa shape index (κ2) is 9.73. The maximum Gasteiger partial charge on any atom is 0.234 e. The fraction of sp³-hybridized carbons (Fsp3) is 0.286. The van der Waals surface area contributed by atoms with Gasteiger partial charge in [-0.05, 0) is 50.1 Å². The molecule has 3 rings (SSSR count). The van der Waals surface area contributed by atoms with E-state index in [1.165, 1.54) is 11.8 Å². The second-order valence-corrected chi connectivity index (χ2v) is 8.68. The van der Waals surface area contributed by atoms with E-state index in [2.05, 4.69) is 15.5 Å². The third-order valence-electron chi connectivity index (χ3n) is 4.43. The van der Waals surface area contributed by atoms with Gasteiger partial charge >= 0.3 is 0 Å². The molecule has 1 atom stereocenters. The monoisotopic (exact) mass is 464 g/mol. The van der Waals surface area contributed by atoms with Gasteiger partial charge in [-0.25, -0.2) is 0 Å². The Bertz CT molecular complexity index is 1070. The minimum absolute atomic E-state index is 0.103. The molecule has 0 radical (unpaired) electrons. The SMILES string of the molecule is Cc1ccc(C)c(NC(=O)CSc2nnc(C(C)Oc3cc(Cl)ccc3Cl)n2C)c1. The van der Waals surface area contributed by atoms with Crippen LogP contribution in [0.15, 0.2) is 41.6 Å². The number of nitrogens with one attached hydrogen (secondary N) is 1. The molecule has 1 N–H and O–H groups in total. The molecule has 0 aliphatic heterocycles. The number of halogens is 2. The van der Waals surface area contributed by atoms with E-state index in [1.807, 2.05) is 46.0 Å². The molecular formula is C21H22Cl2N4O2S. The van der Waals surface area contributed by atoms with Crippen LogP contribution in [0, 0.1) is 13.8 Å². The predicted molar refractivity (Wildman–Crippen MR) is 122 cm³/mol. The Morgan fingerprint density at radius 1 is 1.20 bits per heavy atom. The lowest BCUT2D eigenvalue weighted by Gasteiger charge is -2.15. The molecule has 1 aromatic heterocycles. The van der Waals surface area contributed by atoms with Gasteiger partial charge in [-0.15, -0.1) is 10.2 Å². The standard InChI is InChI=1S/C21H22Cl2N4O2S/c1-12-5-6-13(2)17(9-12)24-19(28)11-30-21-26-25-20(27(21)4)14(3)29-18-10-15(22)7-8-16(18)23/h5-10,14H,11H2,1-4H3,(H,24,28). The highest BCUT2D eigenvalue weighted by molar-refractivity contribution is 7.99. The number of hydrogen-bond acceptors (Lipinski definition) is 5. The van der Waals surface area contributed by atoms with E-state index >= 15 is 0 Å². The highest BCUT2D eigenvalue weighted by Crippen LogP contribution is 2.31. The van der Waals surface area contributed by atoms with Crippen LogP contribution in [0.25, 0.3) is 0 Å². The summed E-state index contributed by atoms with van der Waals surface area (Å²) in [6.07, 6.45) is -0.406. The minimum atomic E-state index is -0.406. The zero-order chi connectivity index (χ0) is 21.8. The maximum absolute atomic E-state index is 12.4. The molecule has 158 valence electrons. The Morgan fingerprint density at radius 2 is 1.97 bits per heavy atom. The number of amides is 1. The normalized spacial score (nSPS) is 11.9. The molecule has 1 heterocycles. The van der Waals surface area contributed by atoms with E-state index in [-0.39, 0.29) is 11.7 Å². The molecule has 2 aromatic carbocycles. The lowest BCUT2D eigenvalue weighted by Crippen LogP contribution is -2.15. The number of ether oxygens (including phenoxy) is 1. The molecule has 9 heteroatoms. The van der Waals surface area contributed by atoms with Crippen LogP contribution in [0.5, 0.6) is 5.75 Å². The van der Waals surface area contributed by atoms with Crippen molar-refractivity contribution in [2.75, 3.05) is 11.1 Å². The van der Waals surface area contributed by atoms with Gasteiger partial charge < -0.3 is 14.6 Å². The van der Waals surface area contributed by atoms with Crippen molar-refractivity contribution in [2.45, 2.75) is 32.0 Å². The van der Waals surface area contributed by atoms with Crippen molar-refractivity contribution in [3.63, 3.8) is 0 Å². The zero-order valence-electron chi connectivity index (χ0n) is 17.1. The number of hydrogen-bond donors (Lipinski definition) is 1. The Balaban J connectivity index is 1.62. The third-order valence-corrected chi connectivity index (χ3v) is 6.00. The van der Waals surface area contributed by atoms with Crippen molar-refractivity contribution in [1.82, 2.24) is 14.8 Å². The van der Waals surface area contributed by atoms with E-state index in [0.717, 1.165) is 16.8 Å². The molecule has 0 saturated carbocycles. The molecule has 0 aliphatic carbocycles.